The van der Waals surface area contributed by atoms with Gasteiger partial charge in [-0.2, -0.15) is 0 Å². The highest BCUT2D eigenvalue weighted by Gasteiger charge is 2.28. The zero-order chi connectivity index (χ0) is 18.0. The number of aromatic nitrogens is 1. The number of amides is 1. The molecule has 132 valence electrons. The molecule has 0 atom stereocenters. The molecule has 3 rings (SSSR count). The number of carbonyl (C=O) groups excluding carboxylic acids is 2. The van der Waals surface area contributed by atoms with Gasteiger partial charge >= 0.3 is 5.97 Å². The van der Waals surface area contributed by atoms with Crippen molar-refractivity contribution < 1.29 is 14.3 Å². The van der Waals surface area contributed by atoms with Crippen molar-refractivity contribution in [1.29, 1.82) is 0 Å². The van der Waals surface area contributed by atoms with Gasteiger partial charge in [0.2, 0.25) is 5.91 Å². The van der Waals surface area contributed by atoms with Crippen LogP contribution >= 0.6 is 0 Å². The molecule has 2 aromatic rings. The largest absolute Gasteiger partial charge is 0.462 e. The average Bonchev–Trinajstić information content (AvgIpc) is 2.62. The van der Waals surface area contributed by atoms with Gasteiger partial charge in [0.1, 0.15) is 11.4 Å². The normalized spacial score (nSPS) is 15.4. The lowest BCUT2D eigenvalue weighted by molar-refractivity contribution is -0.122. The number of hydrogen-bond donors (Lipinski definition) is 1. The zero-order valence-electron chi connectivity index (χ0n) is 14.6. The first-order valence-corrected chi connectivity index (χ1v) is 8.63. The Bertz CT molecular complexity index is 811. The number of para-hydroxylation sites is 1. The molecule has 25 heavy (non-hydrogen) atoms. The van der Waals surface area contributed by atoms with Gasteiger partial charge in [-0.1, -0.05) is 18.2 Å². The number of rotatable bonds is 4. The molecule has 1 saturated heterocycles. The molecule has 2 heterocycles. The number of fused-ring (bicyclic) bond motifs is 1. The molecule has 0 radical (unpaired) electrons. The summed E-state index contributed by atoms with van der Waals surface area (Å²) < 4.78 is 5.27. The second kappa shape index (κ2) is 7.09. The van der Waals surface area contributed by atoms with Gasteiger partial charge in [0.05, 0.1) is 12.1 Å². The number of hydrogen-bond acceptors (Lipinski definition) is 5. The predicted octanol–water partition coefficient (Wildman–Crippen LogP) is 2.42. The highest BCUT2D eigenvalue weighted by atomic mass is 16.5. The number of ether oxygens (including phenoxy) is 1. The maximum Gasteiger partial charge on any atom is 0.342 e. The first kappa shape index (κ1) is 17.2. The molecular formula is C19H23N3O3. The quantitative estimate of drug-likeness (QED) is 0.863. The summed E-state index contributed by atoms with van der Waals surface area (Å²) in [5.41, 5.74) is 7.65. The Morgan fingerprint density at radius 1 is 1.28 bits per heavy atom. The molecule has 0 spiro atoms. The Morgan fingerprint density at radius 2 is 1.96 bits per heavy atom. The van der Waals surface area contributed by atoms with E-state index < -0.39 is 0 Å². The first-order chi connectivity index (χ1) is 12.0. The van der Waals surface area contributed by atoms with E-state index in [-0.39, 0.29) is 17.8 Å². The average molecular weight is 341 g/mol. The minimum Gasteiger partial charge on any atom is -0.462 e. The molecule has 0 unspecified atom stereocenters. The van der Waals surface area contributed by atoms with Gasteiger partial charge in [-0.05, 0) is 38.3 Å². The molecule has 0 saturated carbocycles. The van der Waals surface area contributed by atoms with Crippen LogP contribution in [0.15, 0.2) is 24.3 Å². The maximum atomic E-state index is 12.6. The van der Waals surface area contributed by atoms with Crippen molar-refractivity contribution in [2.45, 2.75) is 26.7 Å². The zero-order valence-corrected chi connectivity index (χ0v) is 14.6. The number of nitrogens with two attached hydrogens (primary N) is 1. The van der Waals surface area contributed by atoms with E-state index in [0.29, 0.717) is 43.9 Å². The van der Waals surface area contributed by atoms with Gasteiger partial charge in [0.25, 0.3) is 0 Å². The lowest BCUT2D eigenvalue weighted by Gasteiger charge is -2.33. The van der Waals surface area contributed by atoms with Crippen molar-refractivity contribution in [1.82, 2.24) is 4.98 Å². The van der Waals surface area contributed by atoms with E-state index in [0.717, 1.165) is 16.5 Å². The van der Waals surface area contributed by atoms with Crippen LogP contribution in [0.2, 0.25) is 0 Å². The fourth-order valence-corrected chi connectivity index (χ4v) is 3.41. The standard InChI is InChI=1S/C19H23N3O3/c1-3-25-19(24)16-12(2)14-6-4-5-7-15(14)21-18(16)22-10-8-13(9-11-22)17(20)23/h4-7,13H,3,8-11H2,1-2H3,(H2,20,23). The Labute approximate surface area is 147 Å². The minimum atomic E-state index is -0.356. The van der Waals surface area contributed by atoms with Gasteiger partial charge in [-0.25, -0.2) is 9.78 Å². The number of carbonyl (C=O) groups is 2. The van der Waals surface area contributed by atoms with E-state index in [2.05, 4.69) is 4.90 Å². The number of aryl methyl sites for hydroxylation is 1. The van der Waals surface area contributed by atoms with Gasteiger partial charge in [-0.3, -0.25) is 4.79 Å². The van der Waals surface area contributed by atoms with Crippen molar-refractivity contribution in [3.8, 4) is 0 Å². The van der Waals surface area contributed by atoms with Crippen LogP contribution in [0.4, 0.5) is 5.82 Å². The highest BCUT2D eigenvalue weighted by Crippen LogP contribution is 2.31. The van der Waals surface area contributed by atoms with Crippen molar-refractivity contribution in [3.05, 3.63) is 35.4 Å². The third-order valence-corrected chi connectivity index (χ3v) is 4.81. The SMILES string of the molecule is CCOC(=O)c1c(N2CCC(C(N)=O)CC2)nc2ccccc2c1C. The molecule has 1 amide bonds. The van der Waals surface area contributed by atoms with E-state index in [9.17, 15) is 9.59 Å². The van der Waals surface area contributed by atoms with Crippen LogP contribution < -0.4 is 10.6 Å². The summed E-state index contributed by atoms with van der Waals surface area (Å²) in [6.07, 6.45) is 1.34. The van der Waals surface area contributed by atoms with Gasteiger partial charge in [0, 0.05) is 24.4 Å². The molecule has 2 N–H and O–H groups in total. The molecular weight excluding hydrogens is 318 g/mol. The molecule has 1 aromatic carbocycles. The Hall–Kier alpha value is -2.63. The molecule has 1 fully saturated rings. The topological polar surface area (TPSA) is 85.5 Å². The number of anilines is 1. The summed E-state index contributed by atoms with van der Waals surface area (Å²) in [5.74, 6) is -0.0837. The van der Waals surface area contributed by atoms with E-state index in [1.54, 1.807) is 6.92 Å². The number of esters is 1. The first-order valence-electron chi connectivity index (χ1n) is 8.63. The van der Waals surface area contributed by atoms with Crippen LogP contribution in [0.1, 0.15) is 35.7 Å². The van der Waals surface area contributed by atoms with E-state index in [4.69, 9.17) is 15.5 Å². The monoisotopic (exact) mass is 341 g/mol. The third-order valence-electron chi connectivity index (χ3n) is 4.81. The fourth-order valence-electron chi connectivity index (χ4n) is 3.41. The number of primary amides is 1. The van der Waals surface area contributed by atoms with Crippen LogP contribution in [-0.2, 0) is 9.53 Å². The van der Waals surface area contributed by atoms with Gasteiger partial charge in [0.15, 0.2) is 0 Å². The van der Waals surface area contributed by atoms with E-state index in [1.165, 1.54) is 0 Å². The summed E-state index contributed by atoms with van der Waals surface area (Å²) in [5, 5.41) is 0.946. The van der Waals surface area contributed by atoms with Crippen LogP contribution in [0.3, 0.4) is 0 Å². The van der Waals surface area contributed by atoms with Crippen molar-refractivity contribution in [3.63, 3.8) is 0 Å². The number of nitrogens with zero attached hydrogens (tertiary/aromatic N) is 2. The maximum absolute atomic E-state index is 12.6. The number of piperidine rings is 1. The smallest absolute Gasteiger partial charge is 0.342 e. The van der Waals surface area contributed by atoms with E-state index >= 15 is 0 Å². The molecule has 1 aromatic heterocycles. The van der Waals surface area contributed by atoms with Crippen LogP contribution in [-0.4, -0.2) is 36.6 Å². The fraction of sp³-hybridized carbons (Fsp3) is 0.421. The van der Waals surface area contributed by atoms with Gasteiger partial charge in [-0.15, -0.1) is 0 Å². The molecule has 6 nitrogen and oxygen atoms in total. The molecule has 1 aliphatic heterocycles. The molecule has 1 aliphatic rings. The Balaban J connectivity index is 2.05. The summed E-state index contributed by atoms with van der Waals surface area (Å²) in [6.45, 7) is 5.32. The van der Waals surface area contributed by atoms with Crippen molar-refractivity contribution >= 4 is 28.6 Å². The molecule has 6 heteroatoms. The van der Waals surface area contributed by atoms with Crippen molar-refractivity contribution in [2.75, 3.05) is 24.6 Å². The summed E-state index contributed by atoms with van der Waals surface area (Å²) in [4.78, 5) is 30.8. The van der Waals surface area contributed by atoms with Crippen LogP contribution in [0.5, 0.6) is 0 Å². The lowest BCUT2D eigenvalue weighted by atomic mass is 9.95. The van der Waals surface area contributed by atoms with Crippen LogP contribution in [0, 0.1) is 12.8 Å². The Kier molecular flexibility index (Phi) is 4.88. The number of pyridine rings is 1. The molecule has 0 aliphatic carbocycles. The number of benzene rings is 1. The lowest BCUT2D eigenvalue weighted by Crippen LogP contribution is -2.39. The highest BCUT2D eigenvalue weighted by molar-refractivity contribution is 6.02. The van der Waals surface area contributed by atoms with Crippen molar-refractivity contribution in [2.24, 2.45) is 11.7 Å². The van der Waals surface area contributed by atoms with E-state index in [1.807, 2.05) is 31.2 Å². The molecule has 0 bridgehead atoms. The minimum absolute atomic E-state index is 0.108. The summed E-state index contributed by atoms with van der Waals surface area (Å²) in [6, 6.07) is 7.77. The Morgan fingerprint density at radius 3 is 2.60 bits per heavy atom. The second-order valence-electron chi connectivity index (χ2n) is 6.34. The van der Waals surface area contributed by atoms with Crippen LogP contribution in [0.25, 0.3) is 10.9 Å². The van der Waals surface area contributed by atoms with Gasteiger partial charge < -0.3 is 15.4 Å². The predicted molar refractivity (Wildman–Crippen MR) is 96.6 cm³/mol. The summed E-state index contributed by atoms with van der Waals surface area (Å²) >= 11 is 0. The summed E-state index contributed by atoms with van der Waals surface area (Å²) in [7, 11) is 0. The third kappa shape index (κ3) is 3.29. The second-order valence-corrected chi connectivity index (χ2v) is 6.34.